The van der Waals surface area contributed by atoms with Crippen molar-refractivity contribution in [1.29, 1.82) is 0 Å². The minimum atomic E-state index is -4.26. The molecule has 0 saturated heterocycles. The molecule has 1 unspecified atom stereocenters. The van der Waals surface area contributed by atoms with Crippen molar-refractivity contribution < 1.29 is 17.9 Å². The molecule has 0 spiro atoms. The maximum absolute atomic E-state index is 12.5. The van der Waals surface area contributed by atoms with Gasteiger partial charge in [-0.2, -0.15) is 13.2 Å². The maximum atomic E-state index is 12.5. The van der Waals surface area contributed by atoms with Gasteiger partial charge in [-0.3, -0.25) is 0 Å². The van der Waals surface area contributed by atoms with E-state index < -0.39 is 17.9 Å². The molecule has 18 heavy (non-hydrogen) atoms. The Hall–Kier alpha value is -0.290. The number of hydrogen-bond acceptors (Lipinski definition) is 2. The summed E-state index contributed by atoms with van der Waals surface area (Å²) in [5, 5.41) is 3.30. The smallest absolute Gasteiger partial charge is 0.363 e. The van der Waals surface area contributed by atoms with Crippen LogP contribution in [-0.4, -0.2) is 30.0 Å². The molecule has 1 fully saturated rings. The van der Waals surface area contributed by atoms with Crippen molar-refractivity contribution in [2.75, 3.05) is 6.54 Å². The second-order valence-corrected chi connectivity index (χ2v) is 6.27. The second-order valence-electron chi connectivity index (χ2n) is 6.27. The number of nitrogens with one attached hydrogen (secondary N) is 1. The zero-order chi connectivity index (χ0) is 14.0. The number of ether oxygens (including phenoxy) is 1. The minimum Gasteiger partial charge on any atom is -0.363 e. The lowest BCUT2D eigenvalue weighted by Gasteiger charge is -2.44. The molecule has 2 nitrogen and oxygen atoms in total. The van der Waals surface area contributed by atoms with Crippen LogP contribution >= 0.6 is 0 Å². The van der Waals surface area contributed by atoms with Gasteiger partial charge in [-0.25, -0.2) is 0 Å². The Labute approximate surface area is 107 Å². The van der Waals surface area contributed by atoms with Gasteiger partial charge in [-0.1, -0.05) is 0 Å². The first-order valence-electron chi connectivity index (χ1n) is 6.54. The molecule has 0 aliphatic heterocycles. The third kappa shape index (κ3) is 4.76. The normalized spacial score (nSPS) is 21.5. The van der Waals surface area contributed by atoms with E-state index in [2.05, 4.69) is 5.32 Å². The molecular formula is C13H24F3NO. The summed E-state index contributed by atoms with van der Waals surface area (Å²) in [5.74, 6) is 0. The zero-order valence-corrected chi connectivity index (χ0v) is 11.7. The van der Waals surface area contributed by atoms with Crippen LogP contribution in [0.3, 0.4) is 0 Å². The number of rotatable bonds is 5. The predicted molar refractivity (Wildman–Crippen MR) is 65.6 cm³/mol. The Balaban J connectivity index is 2.44. The van der Waals surface area contributed by atoms with Crippen LogP contribution in [0.4, 0.5) is 13.2 Å². The molecule has 1 rings (SSSR count). The van der Waals surface area contributed by atoms with E-state index in [4.69, 9.17) is 4.74 Å². The van der Waals surface area contributed by atoms with Crippen LogP contribution in [0, 0.1) is 0 Å². The molecule has 5 heteroatoms. The first-order valence-corrected chi connectivity index (χ1v) is 6.54. The summed E-state index contributed by atoms with van der Waals surface area (Å²) in [6.45, 7) is 7.91. The Morgan fingerprint density at radius 3 is 2.11 bits per heavy atom. The highest BCUT2D eigenvalue weighted by Gasteiger charge is 2.46. The van der Waals surface area contributed by atoms with Crippen LogP contribution in [0.2, 0.25) is 0 Å². The lowest BCUT2D eigenvalue weighted by Crippen LogP contribution is -2.49. The largest absolute Gasteiger partial charge is 0.414 e. The minimum absolute atomic E-state index is 0.0133. The molecule has 0 radical (unpaired) electrons. The van der Waals surface area contributed by atoms with Crippen molar-refractivity contribution in [3.8, 4) is 0 Å². The Morgan fingerprint density at radius 2 is 1.78 bits per heavy atom. The molecule has 1 N–H and O–H groups in total. The van der Waals surface area contributed by atoms with E-state index in [1.165, 1.54) is 0 Å². The molecule has 1 aliphatic carbocycles. The lowest BCUT2D eigenvalue weighted by molar-refractivity contribution is -0.262. The standard InChI is InChI=1S/C13H24F3NO/c1-10(13(14,15)16)18-12(6-5-7-12)8-9-17-11(2,3)4/h10,17H,5-9H2,1-4H3. The fourth-order valence-electron chi connectivity index (χ4n) is 2.11. The number of halogens is 3. The molecule has 0 aromatic rings. The molecular weight excluding hydrogens is 243 g/mol. The fourth-order valence-corrected chi connectivity index (χ4v) is 2.11. The Bertz CT molecular complexity index is 266. The lowest BCUT2D eigenvalue weighted by atomic mass is 9.77. The highest BCUT2D eigenvalue weighted by Crippen LogP contribution is 2.41. The van der Waals surface area contributed by atoms with E-state index in [0.717, 1.165) is 26.2 Å². The van der Waals surface area contributed by atoms with Gasteiger partial charge in [0, 0.05) is 5.54 Å². The van der Waals surface area contributed by atoms with Gasteiger partial charge in [0.25, 0.3) is 0 Å². The van der Waals surface area contributed by atoms with E-state index in [1.807, 2.05) is 20.8 Å². The molecule has 0 amide bonds. The third-order valence-corrected chi connectivity index (χ3v) is 3.39. The van der Waals surface area contributed by atoms with E-state index in [1.54, 1.807) is 0 Å². The van der Waals surface area contributed by atoms with Crippen molar-refractivity contribution in [3.63, 3.8) is 0 Å². The topological polar surface area (TPSA) is 21.3 Å². The summed E-state index contributed by atoms with van der Waals surface area (Å²) in [6, 6.07) is 0. The van der Waals surface area contributed by atoms with Gasteiger partial charge in [0.15, 0.2) is 6.10 Å². The van der Waals surface area contributed by atoms with Gasteiger partial charge < -0.3 is 10.1 Å². The summed E-state index contributed by atoms with van der Waals surface area (Å²) >= 11 is 0. The Kier molecular flexibility index (Phi) is 4.70. The van der Waals surface area contributed by atoms with Gasteiger partial charge in [0.05, 0.1) is 5.60 Å². The highest BCUT2D eigenvalue weighted by molar-refractivity contribution is 4.92. The molecule has 0 aromatic heterocycles. The average molecular weight is 267 g/mol. The second kappa shape index (κ2) is 5.37. The molecule has 0 aromatic carbocycles. The van der Waals surface area contributed by atoms with E-state index in [-0.39, 0.29) is 5.54 Å². The monoisotopic (exact) mass is 267 g/mol. The van der Waals surface area contributed by atoms with Crippen molar-refractivity contribution >= 4 is 0 Å². The first kappa shape index (κ1) is 15.8. The van der Waals surface area contributed by atoms with Crippen molar-refractivity contribution in [1.82, 2.24) is 5.32 Å². The van der Waals surface area contributed by atoms with Crippen LogP contribution in [0.15, 0.2) is 0 Å². The van der Waals surface area contributed by atoms with Crippen LogP contribution < -0.4 is 5.32 Å². The van der Waals surface area contributed by atoms with Gasteiger partial charge in [-0.15, -0.1) is 0 Å². The Morgan fingerprint density at radius 1 is 1.22 bits per heavy atom. The van der Waals surface area contributed by atoms with Crippen molar-refractivity contribution in [2.24, 2.45) is 0 Å². The van der Waals surface area contributed by atoms with E-state index >= 15 is 0 Å². The quantitative estimate of drug-likeness (QED) is 0.821. The highest BCUT2D eigenvalue weighted by atomic mass is 19.4. The third-order valence-electron chi connectivity index (χ3n) is 3.39. The summed E-state index contributed by atoms with van der Waals surface area (Å²) in [4.78, 5) is 0. The number of alkyl halides is 3. The number of hydrogen-bond donors (Lipinski definition) is 1. The fraction of sp³-hybridized carbons (Fsp3) is 1.00. The molecule has 1 aliphatic rings. The summed E-state index contributed by atoms with van der Waals surface area (Å²) < 4.78 is 42.8. The van der Waals surface area contributed by atoms with Crippen LogP contribution in [0.25, 0.3) is 0 Å². The van der Waals surface area contributed by atoms with Crippen LogP contribution in [0.5, 0.6) is 0 Å². The van der Waals surface area contributed by atoms with Gasteiger partial charge >= 0.3 is 6.18 Å². The van der Waals surface area contributed by atoms with Crippen molar-refractivity contribution in [3.05, 3.63) is 0 Å². The van der Waals surface area contributed by atoms with Gasteiger partial charge in [-0.05, 0) is 59.9 Å². The zero-order valence-electron chi connectivity index (χ0n) is 11.7. The molecule has 1 saturated carbocycles. The van der Waals surface area contributed by atoms with E-state index in [0.29, 0.717) is 13.0 Å². The summed E-state index contributed by atoms with van der Waals surface area (Å²) in [5.41, 5.74) is -0.576. The SMILES string of the molecule is CC(OC1(CCNC(C)(C)C)CCC1)C(F)(F)F. The summed E-state index contributed by atoms with van der Waals surface area (Å²) in [7, 11) is 0. The predicted octanol–water partition coefficient (Wildman–Crippen LogP) is 3.65. The summed E-state index contributed by atoms with van der Waals surface area (Å²) in [6.07, 6.45) is -2.86. The van der Waals surface area contributed by atoms with Crippen LogP contribution in [0.1, 0.15) is 53.4 Å². The molecule has 1 atom stereocenters. The van der Waals surface area contributed by atoms with E-state index in [9.17, 15) is 13.2 Å². The van der Waals surface area contributed by atoms with Gasteiger partial charge in [0.1, 0.15) is 0 Å². The molecule has 0 bridgehead atoms. The van der Waals surface area contributed by atoms with Gasteiger partial charge in [0.2, 0.25) is 0 Å². The molecule has 108 valence electrons. The maximum Gasteiger partial charge on any atom is 0.414 e. The first-order chi connectivity index (χ1) is 8.04. The molecule has 0 heterocycles. The average Bonchev–Trinajstić information content (AvgIpc) is 2.09. The van der Waals surface area contributed by atoms with Crippen LogP contribution in [-0.2, 0) is 4.74 Å². The van der Waals surface area contributed by atoms with Crippen molar-refractivity contribution in [2.45, 2.75) is 76.8 Å².